The van der Waals surface area contributed by atoms with Gasteiger partial charge in [-0.1, -0.05) is 27.2 Å². The summed E-state index contributed by atoms with van der Waals surface area (Å²) >= 11 is 0. The SMILES string of the molecule is CCC1CCC(OC(=O)N[C@@H](CC(C)C)C(=O)N[C@@H](C[C@@H]2CCNC2=O)C(=O)OC)CC1. The highest BCUT2D eigenvalue weighted by Gasteiger charge is 2.34. The van der Waals surface area contributed by atoms with Crippen LogP contribution >= 0.6 is 0 Å². The van der Waals surface area contributed by atoms with Crippen LogP contribution < -0.4 is 16.0 Å². The van der Waals surface area contributed by atoms with E-state index in [0.29, 0.717) is 25.3 Å². The Morgan fingerprint density at radius 1 is 1.06 bits per heavy atom. The van der Waals surface area contributed by atoms with E-state index in [2.05, 4.69) is 22.9 Å². The van der Waals surface area contributed by atoms with Crippen LogP contribution in [0.25, 0.3) is 0 Å². The van der Waals surface area contributed by atoms with Crippen LogP contribution in [-0.4, -0.2) is 55.7 Å². The van der Waals surface area contributed by atoms with Gasteiger partial charge in [0.15, 0.2) is 0 Å². The Kier molecular flexibility index (Phi) is 10.3. The van der Waals surface area contributed by atoms with Crippen molar-refractivity contribution in [2.24, 2.45) is 17.8 Å². The van der Waals surface area contributed by atoms with Crippen LogP contribution in [-0.2, 0) is 23.9 Å². The summed E-state index contributed by atoms with van der Waals surface area (Å²) in [5, 5.41) is 8.09. The molecular weight excluding hydrogens is 414 g/mol. The smallest absolute Gasteiger partial charge is 0.408 e. The van der Waals surface area contributed by atoms with Crippen molar-refractivity contribution in [2.45, 2.75) is 90.3 Å². The van der Waals surface area contributed by atoms with Crippen molar-refractivity contribution in [1.29, 1.82) is 0 Å². The number of methoxy groups -OCH3 is 1. The lowest BCUT2D eigenvalue weighted by molar-refractivity contribution is -0.146. The number of hydrogen-bond donors (Lipinski definition) is 3. The van der Waals surface area contributed by atoms with Crippen molar-refractivity contribution in [1.82, 2.24) is 16.0 Å². The fraction of sp³-hybridized carbons (Fsp3) is 0.826. The van der Waals surface area contributed by atoms with E-state index >= 15 is 0 Å². The summed E-state index contributed by atoms with van der Waals surface area (Å²) in [6.45, 7) is 6.61. The predicted molar refractivity (Wildman–Crippen MR) is 119 cm³/mol. The van der Waals surface area contributed by atoms with Crippen LogP contribution in [0.1, 0.15) is 72.1 Å². The lowest BCUT2D eigenvalue weighted by Crippen LogP contribution is -2.53. The second kappa shape index (κ2) is 12.6. The minimum absolute atomic E-state index is 0.128. The van der Waals surface area contributed by atoms with E-state index in [0.717, 1.165) is 32.1 Å². The first-order valence-electron chi connectivity index (χ1n) is 11.9. The molecule has 2 aliphatic rings. The quantitative estimate of drug-likeness (QED) is 0.436. The van der Waals surface area contributed by atoms with Crippen LogP contribution in [0.4, 0.5) is 4.79 Å². The van der Waals surface area contributed by atoms with Crippen molar-refractivity contribution in [3.63, 3.8) is 0 Å². The number of nitrogens with one attached hydrogen (secondary N) is 3. The average molecular weight is 454 g/mol. The molecule has 2 fully saturated rings. The zero-order chi connectivity index (χ0) is 23.7. The predicted octanol–water partition coefficient (Wildman–Crippen LogP) is 2.28. The fourth-order valence-corrected chi connectivity index (χ4v) is 4.47. The molecule has 0 aromatic carbocycles. The van der Waals surface area contributed by atoms with Gasteiger partial charge in [0.05, 0.1) is 7.11 Å². The monoisotopic (exact) mass is 453 g/mol. The van der Waals surface area contributed by atoms with Crippen LogP contribution in [0.15, 0.2) is 0 Å². The summed E-state index contributed by atoms with van der Waals surface area (Å²) in [6.07, 6.45) is 5.29. The number of amides is 3. The van der Waals surface area contributed by atoms with E-state index in [-0.39, 0.29) is 30.3 Å². The van der Waals surface area contributed by atoms with Crippen molar-refractivity contribution in [3.05, 3.63) is 0 Å². The normalized spacial score (nSPS) is 24.9. The summed E-state index contributed by atoms with van der Waals surface area (Å²) in [5.41, 5.74) is 0. The molecule has 3 amide bonds. The van der Waals surface area contributed by atoms with E-state index in [9.17, 15) is 19.2 Å². The molecule has 1 saturated carbocycles. The summed E-state index contributed by atoms with van der Waals surface area (Å²) in [5.74, 6) is -0.779. The van der Waals surface area contributed by atoms with Gasteiger partial charge in [0.1, 0.15) is 18.2 Å². The minimum Gasteiger partial charge on any atom is -0.467 e. The molecule has 0 radical (unpaired) electrons. The van der Waals surface area contributed by atoms with Gasteiger partial charge in [-0.2, -0.15) is 0 Å². The highest BCUT2D eigenvalue weighted by molar-refractivity contribution is 5.90. The minimum atomic E-state index is -0.960. The van der Waals surface area contributed by atoms with Crippen LogP contribution in [0.5, 0.6) is 0 Å². The zero-order valence-corrected chi connectivity index (χ0v) is 19.8. The molecule has 1 heterocycles. The molecule has 1 aliphatic carbocycles. The molecule has 32 heavy (non-hydrogen) atoms. The molecule has 0 bridgehead atoms. The third-order valence-corrected chi connectivity index (χ3v) is 6.45. The molecule has 9 nitrogen and oxygen atoms in total. The van der Waals surface area contributed by atoms with Crippen molar-refractivity contribution in [2.75, 3.05) is 13.7 Å². The molecule has 3 atom stereocenters. The van der Waals surface area contributed by atoms with E-state index in [1.165, 1.54) is 7.11 Å². The van der Waals surface area contributed by atoms with Crippen LogP contribution in [0.3, 0.4) is 0 Å². The number of hydrogen-bond acceptors (Lipinski definition) is 6. The van der Waals surface area contributed by atoms with Gasteiger partial charge in [0, 0.05) is 12.5 Å². The van der Waals surface area contributed by atoms with E-state index in [1.54, 1.807) is 0 Å². The lowest BCUT2D eigenvalue weighted by atomic mass is 9.86. The molecule has 2 rings (SSSR count). The first-order chi connectivity index (χ1) is 15.2. The Morgan fingerprint density at radius 3 is 2.28 bits per heavy atom. The van der Waals surface area contributed by atoms with Gasteiger partial charge in [-0.05, 0) is 56.8 Å². The van der Waals surface area contributed by atoms with Crippen molar-refractivity contribution in [3.8, 4) is 0 Å². The third kappa shape index (κ3) is 7.98. The molecule has 182 valence electrons. The van der Waals surface area contributed by atoms with Gasteiger partial charge in [0.2, 0.25) is 11.8 Å². The second-order valence-electron chi connectivity index (χ2n) is 9.38. The van der Waals surface area contributed by atoms with Gasteiger partial charge in [0.25, 0.3) is 0 Å². The molecule has 0 aromatic rings. The number of ether oxygens (including phenoxy) is 2. The second-order valence-corrected chi connectivity index (χ2v) is 9.38. The van der Waals surface area contributed by atoms with E-state index in [4.69, 9.17) is 9.47 Å². The van der Waals surface area contributed by atoms with E-state index in [1.807, 2.05) is 13.8 Å². The maximum Gasteiger partial charge on any atom is 0.408 e. The lowest BCUT2D eigenvalue weighted by Gasteiger charge is -2.29. The van der Waals surface area contributed by atoms with Gasteiger partial charge in [-0.3, -0.25) is 9.59 Å². The number of esters is 1. The summed E-state index contributed by atoms with van der Waals surface area (Å²) in [6, 6.07) is -1.81. The number of carbonyl (C=O) groups is 4. The van der Waals surface area contributed by atoms with E-state index < -0.39 is 30.1 Å². The summed E-state index contributed by atoms with van der Waals surface area (Å²) < 4.78 is 10.4. The Labute approximate surface area is 190 Å². The maximum atomic E-state index is 13.0. The highest BCUT2D eigenvalue weighted by atomic mass is 16.6. The Bertz CT molecular complexity index is 660. The van der Waals surface area contributed by atoms with Crippen LogP contribution in [0.2, 0.25) is 0 Å². The maximum absolute atomic E-state index is 13.0. The molecular formula is C23H39N3O6. The molecule has 0 unspecified atom stereocenters. The Balaban J connectivity index is 1.96. The molecule has 3 N–H and O–H groups in total. The van der Waals surface area contributed by atoms with Gasteiger partial charge in [-0.25, -0.2) is 9.59 Å². The zero-order valence-electron chi connectivity index (χ0n) is 19.8. The topological polar surface area (TPSA) is 123 Å². The van der Waals surface area contributed by atoms with Crippen molar-refractivity contribution < 1.29 is 28.7 Å². The van der Waals surface area contributed by atoms with Gasteiger partial charge >= 0.3 is 12.1 Å². The first kappa shape index (κ1) is 25.9. The number of carbonyl (C=O) groups excluding carboxylic acids is 4. The Hall–Kier alpha value is -2.32. The first-order valence-corrected chi connectivity index (χ1v) is 11.9. The molecule has 0 spiro atoms. The standard InChI is InChI=1S/C23H39N3O6/c1-5-15-6-8-17(9-7-15)32-23(30)26-18(12-14(2)3)21(28)25-19(22(29)31-4)13-16-10-11-24-20(16)27/h14-19H,5-13H2,1-4H3,(H,24,27)(H,25,28)(H,26,30)/t15?,16-,17?,18-,19-/m0/s1. The van der Waals surface area contributed by atoms with Crippen LogP contribution in [0, 0.1) is 17.8 Å². The van der Waals surface area contributed by atoms with Crippen molar-refractivity contribution >= 4 is 23.9 Å². The number of alkyl carbamates (subject to hydrolysis) is 1. The fourth-order valence-electron chi connectivity index (χ4n) is 4.47. The average Bonchev–Trinajstić information content (AvgIpc) is 3.16. The highest BCUT2D eigenvalue weighted by Crippen LogP contribution is 2.28. The molecule has 0 aromatic heterocycles. The summed E-state index contributed by atoms with van der Waals surface area (Å²) in [4.78, 5) is 49.6. The Morgan fingerprint density at radius 2 is 1.75 bits per heavy atom. The van der Waals surface area contributed by atoms with Gasteiger partial charge in [-0.15, -0.1) is 0 Å². The largest absolute Gasteiger partial charge is 0.467 e. The van der Waals surface area contributed by atoms with Gasteiger partial charge < -0.3 is 25.4 Å². The molecule has 1 aliphatic heterocycles. The third-order valence-electron chi connectivity index (χ3n) is 6.45. The molecule has 1 saturated heterocycles. The number of rotatable bonds is 10. The summed E-state index contributed by atoms with van der Waals surface area (Å²) in [7, 11) is 1.24. The molecule has 9 heteroatoms.